The summed E-state index contributed by atoms with van der Waals surface area (Å²) in [7, 11) is 0. The minimum absolute atomic E-state index is 0.297. The van der Waals surface area contributed by atoms with Gasteiger partial charge in [-0.05, 0) is 17.7 Å². The van der Waals surface area contributed by atoms with Crippen molar-refractivity contribution in [1.29, 1.82) is 5.41 Å². The van der Waals surface area contributed by atoms with E-state index in [1.54, 1.807) is 11.8 Å². The second kappa shape index (κ2) is 4.40. The number of hydrogen-bond donors (Lipinski definition) is 3. The van der Waals surface area contributed by atoms with Crippen LogP contribution in [0.5, 0.6) is 0 Å². The minimum atomic E-state index is -0.324. The molecule has 1 amide bonds. The summed E-state index contributed by atoms with van der Waals surface area (Å²) in [6.45, 7) is 0. The smallest absolute Gasteiger partial charge is 0.254 e. The fraction of sp³-hybridized carbons (Fsp3) is 0.0909. The van der Waals surface area contributed by atoms with E-state index >= 15 is 0 Å². The summed E-state index contributed by atoms with van der Waals surface area (Å²) in [6, 6.07) is 7.89. The predicted octanol–water partition coefficient (Wildman–Crippen LogP) is 1.19. The highest BCUT2D eigenvalue weighted by molar-refractivity contribution is 7.99. The van der Waals surface area contributed by atoms with Gasteiger partial charge in [-0.15, -0.1) is 11.8 Å². The van der Waals surface area contributed by atoms with Crippen LogP contribution in [-0.4, -0.2) is 17.6 Å². The summed E-state index contributed by atoms with van der Waals surface area (Å²) in [4.78, 5) is 12.8. The van der Waals surface area contributed by atoms with Gasteiger partial charge in [-0.3, -0.25) is 15.5 Å². The molecule has 1 aliphatic rings. The monoisotopic (exact) mass is 233 g/mol. The van der Waals surface area contributed by atoms with Crippen LogP contribution in [0.1, 0.15) is 5.56 Å². The number of guanidine groups is 1. The Morgan fingerprint density at radius 1 is 1.44 bits per heavy atom. The van der Waals surface area contributed by atoms with Crippen LogP contribution in [0.25, 0.3) is 6.08 Å². The molecule has 0 unspecified atom stereocenters. The minimum Gasteiger partial charge on any atom is -0.370 e. The van der Waals surface area contributed by atoms with Crippen molar-refractivity contribution < 1.29 is 4.79 Å². The Labute approximate surface area is 97.4 Å². The first kappa shape index (κ1) is 10.8. The fourth-order valence-corrected chi connectivity index (χ4v) is 2.44. The highest BCUT2D eigenvalue weighted by Crippen LogP contribution is 2.31. The summed E-state index contributed by atoms with van der Waals surface area (Å²) < 4.78 is 0. The largest absolute Gasteiger partial charge is 0.370 e. The Bertz CT molecular complexity index is 482. The molecule has 0 radical (unpaired) electrons. The topological polar surface area (TPSA) is 79.0 Å². The summed E-state index contributed by atoms with van der Waals surface area (Å²) in [6.07, 6.45) is 1.84. The van der Waals surface area contributed by atoms with E-state index in [1.807, 2.05) is 30.3 Å². The van der Waals surface area contributed by atoms with Gasteiger partial charge in [0.2, 0.25) is 0 Å². The maximum absolute atomic E-state index is 11.6. The van der Waals surface area contributed by atoms with E-state index < -0.39 is 0 Å². The first-order chi connectivity index (χ1) is 7.66. The highest BCUT2D eigenvalue weighted by atomic mass is 32.2. The third kappa shape index (κ3) is 2.25. The lowest BCUT2D eigenvalue weighted by Crippen LogP contribution is -2.37. The molecular weight excluding hydrogens is 222 g/mol. The van der Waals surface area contributed by atoms with E-state index in [2.05, 4.69) is 5.32 Å². The third-order valence-corrected chi connectivity index (χ3v) is 3.31. The zero-order valence-electron chi connectivity index (χ0n) is 8.49. The van der Waals surface area contributed by atoms with E-state index in [0.29, 0.717) is 11.3 Å². The van der Waals surface area contributed by atoms with Gasteiger partial charge in [-0.1, -0.05) is 18.2 Å². The zero-order chi connectivity index (χ0) is 11.5. The van der Waals surface area contributed by atoms with Crippen LogP contribution < -0.4 is 11.1 Å². The number of thioether (sulfide) groups is 1. The molecule has 0 aromatic heterocycles. The lowest BCUT2D eigenvalue weighted by Gasteiger charge is -2.14. The van der Waals surface area contributed by atoms with Crippen molar-refractivity contribution in [3.05, 3.63) is 35.4 Å². The molecule has 0 saturated carbocycles. The lowest BCUT2D eigenvalue weighted by molar-refractivity contribution is -0.116. The Morgan fingerprint density at radius 2 is 2.19 bits per heavy atom. The van der Waals surface area contributed by atoms with Crippen molar-refractivity contribution in [2.75, 3.05) is 5.75 Å². The molecule has 2 rings (SSSR count). The van der Waals surface area contributed by atoms with E-state index in [9.17, 15) is 4.79 Å². The summed E-state index contributed by atoms with van der Waals surface area (Å²) in [5.74, 6) is -0.0138. The summed E-state index contributed by atoms with van der Waals surface area (Å²) >= 11 is 1.61. The second-order valence-corrected chi connectivity index (χ2v) is 4.38. The van der Waals surface area contributed by atoms with Crippen molar-refractivity contribution in [3.8, 4) is 0 Å². The van der Waals surface area contributed by atoms with Crippen LogP contribution in [0.15, 0.2) is 34.7 Å². The van der Waals surface area contributed by atoms with Crippen molar-refractivity contribution in [1.82, 2.24) is 5.32 Å². The SMILES string of the molecule is N=C(N)NC(=O)C1=Cc2ccccc2SC1. The van der Waals surface area contributed by atoms with Gasteiger partial charge in [-0.25, -0.2) is 0 Å². The molecule has 16 heavy (non-hydrogen) atoms. The zero-order valence-corrected chi connectivity index (χ0v) is 9.30. The van der Waals surface area contributed by atoms with Crippen LogP contribution in [0, 0.1) is 5.41 Å². The molecular formula is C11H11N3OS. The van der Waals surface area contributed by atoms with Gasteiger partial charge in [0, 0.05) is 16.2 Å². The first-order valence-corrected chi connectivity index (χ1v) is 5.73. The number of rotatable bonds is 1. The summed E-state index contributed by atoms with van der Waals surface area (Å²) in [5.41, 5.74) is 6.78. The van der Waals surface area contributed by atoms with E-state index in [1.165, 1.54) is 4.90 Å². The van der Waals surface area contributed by atoms with Crippen LogP contribution in [0.4, 0.5) is 0 Å². The molecule has 4 nitrogen and oxygen atoms in total. The molecule has 0 spiro atoms. The van der Waals surface area contributed by atoms with Gasteiger partial charge in [0.1, 0.15) is 0 Å². The van der Waals surface area contributed by atoms with Crippen LogP contribution in [0.2, 0.25) is 0 Å². The van der Waals surface area contributed by atoms with Crippen molar-refractivity contribution in [2.24, 2.45) is 5.73 Å². The molecule has 1 aromatic rings. The summed E-state index contributed by atoms with van der Waals surface area (Å²) in [5, 5.41) is 9.28. The molecule has 1 aromatic carbocycles. The number of amides is 1. The van der Waals surface area contributed by atoms with E-state index in [4.69, 9.17) is 11.1 Å². The van der Waals surface area contributed by atoms with Crippen LogP contribution >= 0.6 is 11.8 Å². The fourth-order valence-electron chi connectivity index (χ4n) is 1.45. The van der Waals surface area contributed by atoms with E-state index in [0.717, 1.165) is 5.56 Å². The maximum Gasteiger partial charge on any atom is 0.254 e. The Kier molecular flexibility index (Phi) is 2.96. The van der Waals surface area contributed by atoms with Crippen molar-refractivity contribution in [3.63, 3.8) is 0 Å². The average Bonchev–Trinajstić information content (AvgIpc) is 2.27. The number of carbonyl (C=O) groups excluding carboxylic acids is 1. The van der Waals surface area contributed by atoms with Crippen LogP contribution in [-0.2, 0) is 4.79 Å². The van der Waals surface area contributed by atoms with Crippen LogP contribution in [0.3, 0.4) is 0 Å². The standard InChI is InChI=1S/C11H11N3OS/c12-11(13)14-10(15)8-5-7-3-1-2-4-9(7)16-6-8/h1-5H,6H2,(H4,12,13,14,15). The third-order valence-electron chi connectivity index (χ3n) is 2.17. The van der Waals surface area contributed by atoms with Gasteiger partial charge < -0.3 is 5.73 Å². The number of benzene rings is 1. The van der Waals surface area contributed by atoms with Gasteiger partial charge in [0.25, 0.3) is 5.91 Å². The molecule has 0 fully saturated rings. The van der Waals surface area contributed by atoms with Gasteiger partial charge >= 0.3 is 0 Å². The molecule has 0 atom stereocenters. The number of hydrogen-bond acceptors (Lipinski definition) is 3. The van der Waals surface area contributed by atoms with Gasteiger partial charge in [0.15, 0.2) is 5.96 Å². The molecule has 82 valence electrons. The molecule has 5 heteroatoms. The van der Waals surface area contributed by atoms with Gasteiger partial charge in [0.05, 0.1) is 0 Å². The average molecular weight is 233 g/mol. The highest BCUT2D eigenvalue weighted by Gasteiger charge is 2.16. The Morgan fingerprint density at radius 3 is 2.94 bits per heavy atom. The van der Waals surface area contributed by atoms with Crippen molar-refractivity contribution in [2.45, 2.75) is 4.90 Å². The van der Waals surface area contributed by atoms with Crippen molar-refractivity contribution >= 4 is 29.7 Å². The normalized spacial score (nSPS) is 13.6. The molecule has 0 saturated heterocycles. The molecule has 4 N–H and O–H groups in total. The van der Waals surface area contributed by atoms with E-state index in [-0.39, 0.29) is 11.9 Å². The predicted molar refractivity (Wildman–Crippen MR) is 65.2 cm³/mol. The Hall–Kier alpha value is -1.75. The number of nitrogens with one attached hydrogen (secondary N) is 2. The molecule has 0 aliphatic carbocycles. The van der Waals surface area contributed by atoms with Gasteiger partial charge in [-0.2, -0.15) is 0 Å². The quantitative estimate of drug-likeness (QED) is 0.503. The lowest BCUT2D eigenvalue weighted by atomic mass is 10.1. The number of fused-ring (bicyclic) bond motifs is 1. The first-order valence-electron chi connectivity index (χ1n) is 4.74. The molecule has 0 bridgehead atoms. The number of carbonyl (C=O) groups is 1. The Balaban J connectivity index is 2.24. The molecule has 1 aliphatic heterocycles. The molecule has 1 heterocycles. The number of nitrogens with two attached hydrogens (primary N) is 1. The second-order valence-electron chi connectivity index (χ2n) is 3.36. The maximum atomic E-state index is 11.6.